The van der Waals surface area contributed by atoms with Gasteiger partial charge in [-0.15, -0.1) is 0 Å². The topological polar surface area (TPSA) is 24.9 Å². The molecule has 2 nitrogen and oxygen atoms in total. The molecule has 0 atom stereocenters. The molecule has 3 heteroatoms. The van der Waals surface area contributed by atoms with E-state index in [9.17, 15) is 4.39 Å². The lowest BCUT2D eigenvalue weighted by Gasteiger charge is -2.09. The van der Waals surface area contributed by atoms with E-state index in [0.717, 1.165) is 24.2 Å². The summed E-state index contributed by atoms with van der Waals surface area (Å²) >= 11 is 0. The fraction of sp³-hybridized carbons (Fsp3) is 0.267. The van der Waals surface area contributed by atoms with Crippen molar-refractivity contribution in [3.8, 4) is 11.1 Å². The van der Waals surface area contributed by atoms with Gasteiger partial charge in [-0.05, 0) is 36.2 Å². The summed E-state index contributed by atoms with van der Waals surface area (Å²) in [6.45, 7) is 5.87. The van der Waals surface area contributed by atoms with E-state index in [-0.39, 0.29) is 5.82 Å². The molecule has 1 N–H and O–H groups in total. The van der Waals surface area contributed by atoms with Crippen LogP contribution in [0.25, 0.3) is 11.1 Å². The SMILES string of the molecule is CCNCc1ccc(-c2ccncc2F)c(C)c1. The van der Waals surface area contributed by atoms with Gasteiger partial charge in [-0.2, -0.15) is 0 Å². The summed E-state index contributed by atoms with van der Waals surface area (Å²) < 4.78 is 13.7. The van der Waals surface area contributed by atoms with Crippen molar-refractivity contribution in [2.45, 2.75) is 20.4 Å². The Hall–Kier alpha value is -1.74. The van der Waals surface area contributed by atoms with Crippen LogP contribution in [0, 0.1) is 12.7 Å². The first-order valence-electron chi connectivity index (χ1n) is 6.12. The second-order valence-corrected chi connectivity index (χ2v) is 4.29. The zero-order valence-electron chi connectivity index (χ0n) is 10.7. The number of benzene rings is 1. The van der Waals surface area contributed by atoms with Crippen molar-refractivity contribution >= 4 is 0 Å². The molecule has 2 aromatic rings. The van der Waals surface area contributed by atoms with Gasteiger partial charge >= 0.3 is 0 Å². The van der Waals surface area contributed by atoms with E-state index in [1.54, 1.807) is 12.3 Å². The number of aryl methyl sites for hydroxylation is 1. The average Bonchev–Trinajstić information content (AvgIpc) is 2.38. The van der Waals surface area contributed by atoms with E-state index in [4.69, 9.17) is 0 Å². The third-order valence-electron chi connectivity index (χ3n) is 2.93. The van der Waals surface area contributed by atoms with E-state index in [2.05, 4.69) is 23.3 Å². The first kappa shape index (κ1) is 12.7. The highest BCUT2D eigenvalue weighted by molar-refractivity contribution is 5.67. The smallest absolute Gasteiger partial charge is 0.149 e. The summed E-state index contributed by atoms with van der Waals surface area (Å²) in [5.41, 5.74) is 3.83. The second kappa shape index (κ2) is 5.74. The number of pyridine rings is 1. The molecular weight excluding hydrogens is 227 g/mol. The van der Waals surface area contributed by atoms with Crippen molar-refractivity contribution in [1.29, 1.82) is 0 Å². The Morgan fingerprint density at radius 2 is 2.06 bits per heavy atom. The predicted molar refractivity (Wildman–Crippen MR) is 71.7 cm³/mol. The molecule has 94 valence electrons. The first-order chi connectivity index (χ1) is 8.72. The van der Waals surface area contributed by atoms with Crippen LogP contribution in [0.3, 0.4) is 0 Å². The molecule has 1 aromatic carbocycles. The van der Waals surface area contributed by atoms with Crippen molar-refractivity contribution in [2.75, 3.05) is 6.54 Å². The minimum atomic E-state index is -0.278. The average molecular weight is 244 g/mol. The maximum absolute atomic E-state index is 13.7. The van der Waals surface area contributed by atoms with Crippen LogP contribution in [0.1, 0.15) is 18.1 Å². The summed E-state index contributed by atoms with van der Waals surface area (Å²) in [6, 6.07) is 7.81. The molecule has 0 radical (unpaired) electrons. The number of halogens is 1. The van der Waals surface area contributed by atoms with E-state index in [0.29, 0.717) is 5.56 Å². The number of hydrogen-bond donors (Lipinski definition) is 1. The summed E-state index contributed by atoms with van der Waals surface area (Å²) in [6.07, 6.45) is 2.87. The number of nitrogens with zero attached hydrogens (tertiary/aromatic N) is 1. The number of rotatable bonds is 4. The standard InChI is InChI=1S/C15H17FN2/c1-3-17-9-12-4-5-13(11(2)8-12)14-6-7-18-10-15(14)16/h4-8,10,17H,3,9H2,1-2H3. The van der Waals surface area contributed by atoms with E-state index >= 15 is 0 Å². The highest BCUT2D eigenvalue weighted by Crippen LogP contribution is 2.26. The van der Waals surface area contributed by atoms with Crippen molar-refractivity contribution < 1.29 is 4.39 Å². The van der Waals surface area contributed by atoms with Crippen LogP contribution in [0.4, 0.5) is 4.39 Å². The van der Waals surface area contributed by atoms with Crippen molar-refractivity contribution in [1.82, 2.24) is 10.3 Å². The minimum absolute atomic E-state index is 0.278. The van der Waals surface area contributed by atoms with Gasteiger partial charge in [-0.25, -0.2) is 4.39 Å². The van der Waals surface area contributed by atoms with Gasteiger partial charge in [0.1, 0.15) is 5.82 Å². The van der Waals surface area contributed by atoms with Gasteiger partial charge in [-0.1, -0.05) is 25.1 Å². The second-order valence-electron chi connectivity index (χ2n) is 4.29. The lowest BCUT2D eigenvalue weighted by Crippen LogP contribution is -2.11. The van der Waals surface area contributed by atoms with Gasteiger partial charge in [0.2, 0.25) is 0 Å². The maximum Gasteiger partial charge on any atom is 0.149 e. The molecule has 0 fully saturated rings. The van der Waals surface area contributed by atoms with Crippen LogP contribution < -0.4 is 5.32 Å². The van der Waals surface area contributed by atoms with E-state index in [1.807, 2.05) is 19.1 Å². The monoisotopic (exact) mass is 244 g/mol. The molecule has 0 aliphatic rings. The molecule has 2 rings (SSSR count). The molecule has 0 unspecified atom stereocenters. The van der Waals surface area contributed by atoms with E-state index < -0.39 is 0 Å². The van der Waals surface area contributed by atoms with Gasteiger partial charge in [0.15, 0.2) is 0 Å². The number of aromatic nitrogens is 1. The van der Waals surface area contributed by atoms with Crippen molar-refractivity contribution in [2.24, 2.45) is 0 Å². The number of hydrogen-bond acceptors (Lipinski definition) is 2. The fourth-order valence-corrected chi connectivity index (χ4v) is 2.00. The van der Waals surface area contributed by atoms with Gasteiger partial charge < -0.3 is 5.32 Å². The van der Waals surface area contributed by atoms with Gasteiger partial charge in [0.25, 0.3) is 0 Å². The Morgan fingerprint density at radius 1 is 1.22 bits per heavy atom. The van der Waals surface area contributed by atoms with Gasteiger partial charge in [-0.3, -0.25) is 4.98 Å². The van der Waals surface area contributed by atoms with Gasteiger partial charge in [0, 0.05) is 18.3 Å². The van der Waals surface area contributed by atoms with Gasteiger partial charge in [0.05, 0.1) is 6.20 Å². The van der Waals surface area contributed by atoms with E-state index in [1.165, 1.54) is 11.8 Å². The molecule has 0 amide bonds. The highest BCUT2D eigenvalue weighted by atomic mass is 19.1. The predicted octanol–water partition coefficient (Wildman–Crippen LogP) is 3.31. The van der Waals surface area contributed by atoms with Crippen LogP contribution >= 0.6 is 0 Å². The lowest BCUT2D eigenvalue weighted by molar-refractivity contribution is 0.625. The Bertz CT molecular complexity index is 538. The first-order valence-corrected chi connectivity index (χ1v) is 6.12. The minimum Gasteiger partial charge on any atom is -0.313 e. The fourth-order valence-electron chi connectivity index (χ4n) is 2.00. The molecule has 0 aliphatic carbocycles. The highest BCUT2D eigenvalue weighted by Gasteiger charge is 2.07. The van der Waals surface area contributed by atoms with Crippen LogP contribution in [0.2, 0.25) is 0 Å². The van der Waals surface area contributed by atoms with Crippen LogP contribution in [0.5, 0.6) is 0 Å². The van der Waals surface area contributed by atoms with Crippen molar-refractivity contribution in [3.63, 3.8) is 0 Å². The summed E-state index contributed by atoms with van der Waals surface area (Å²) in [5.74, 6) is -0.278. The van der Waals surface area contributed by atoms with Crippen LogP contribution in [-0.4, -0.2) is 11.5 Å². The summed E-state index contributed by atoms with van der Waals surface area (Å²) in [4.78, 5) is 3.77. The molecule has 0 bridgehead atoms. The van der Waals surface area contributed by atoms with Crippen LogP contribution in [0.15, 0.2) is 36.7 Å². The van der Waals surface area contributed by atoms with Crippen molar-refractivity contribution in [3.05, 3.63) is 53.6 Å². The normalized spacial score (nSPS) is 10.6. The Labute approximate surface area is 107 Å². The third kappa shape index (κ3) is 2.74. The quantitative estimate of drug-likeness (QED) is 0.892. The molecule has 1 heterocycles. The Kier molecular flexibility index (Phi) is 4.05. The molecular formula is C15H17FN2. The molecule has 0 saturated heterocycles. The summed E-state index contributed by atoms with van der Waals surface area (Å²) in [5, 5.41) is 3.28. The Balaban J connectivity index is 2.33. The molecule has 0 saturated carbocycles. The molecule has 18 heavy (non-hydrogen) atoms. The zero-order chi connectivity index (χ0) is 13.0. The summed E-state index contributed by atoms with van der Waals surface area (Å²) in [7, 11) is 0. The maximum atomic E-state index is 13.7. The molecule has 0 aliphatic heterocycles. The zero-order valence-corrected chi connectivity index (χ0v) is 10.7. The number of nitrogens with one attached hydrogen (secondary N) is 1. The Morgan fingerprint density at radius 3 is 2.72 bits per heavy atom. The molecule has 1 aromatic heterocycles. The third-order valence-corrected chi connectivity index (χ3v) is 2.93. The largest absolute Gasteiger partial charge is 0.313 e. The van der Waals surface area contributed by atoms with Crippen LogP contribution in [-0.2, 0) is 6.54 Å². The molecule has 0 spiro atoms. The lowest BCUT2D eigenvalue weighted by atomic mass is 9.99.